The lowest BCUT2D eigenvalue weighted by molar-refractivity contribution is -0.130. The molecule has 6 nitrogen and oxygen atoms in total. The molecule has 5 rings (SSSR count). The van der Waals surface area contributed by atoms with Crippen LogP contribution >= 0.6 is 6.89 Å². The van der Waals surface area contributed by atoms with Crippen molar-refractivity contribution in [3.05, 3.63) is 163 Å². The predicted molar refractivity (Wildman–Crippen MR) is 202 cm³/mol. The van der Waals surface area contributed by atoms with Crippen molar-refractivity contribution in [2.24, 2.45) is 5.92 Å². The van der Waals surface area contributed by atoms with Crippen LogP contribution < -0.4 is 21.2 Å². The van der Waals surface area contributed by atoms with Gasteiger partial charge in [0.15, 0.2) is 17.3 Å². The number of carbonyl (C=O) groups is 4. The Bertz CT molecular complexity index is 1920. The fourth-order valence-corrected chi connectivity index (χ4v) is 10.4. The fourth-order valence-electron chi connectivity index (χ4n) is 6.22. The standard InChI is InChI=1S/C43H39N2O4P/c1-32(45-43(49)35(29-33-17-7-2-8-18-33)30-41(48)34-19-9-3-10-20-34)39(46)27-28-40(47)42(31-44)50(36-21-11-4-12-22-36,37-23-13-5-14-24-37)38-25-15-6-16-26-38/h2-26,32,35H,27-30H2,1H3,(H,45,49)/t32-,35+/m0/s1. The topological polar surface area (TPSA) is 104 Å². The summed E-state index contributed by atoms with van der Waals surface area (Å²) in [5, 5.41) is 16.2. The van der Waals surface area contributed by atoms with E-state index in [1.165, 1.54) is 0 Å². The zero-order chi connectivity index (χ0) is 35.3. The van der Waals surface area contributed by atoms with Gasteiger partial charge in [-0.3, -0.25) is 19.2 Å². The second-order valence-corrected chi connectivity index (χ2v) is 15.5. The lowest BCUT2D eigenvalue weighted by Crippen LogP contribution is -2.43. The summed E-state index contributed by atoms with van der Waals surface area (Å²) in [5.74, 6) is -2.00. The highest BCUT2D eigenvalue weighted by Gasteiger charge is 2.34. The highest BCUT2D eigenvalue weighted by molar-refractivity contribution is 7.96. The van der Waals surface area contributed by atoms with Gasteiger partial charge in [0.25, 0.3) is 0 Å². The van der Waals surface area contributed by atoms with Crippen LogP contribution in [0.3, 0.4) is 0 Å². The van der Waals surface area contributed by atoms with E-state index in [1.54, 1.807) is 31.2 Å². The van der Waals surface area contributed by atoms with E-state index in [1.807, 2.05) is 127 Å². The van der Waals surface area contributed by atoms with Gasteiger partial charge in [-0.25, -0.2) is 0 Å². The summed E-state index contributed by atoms with van der Waals surface area (Å²) in [7, 11) is 0. The highest BCUT2D eigenvalue weighted by atomic mass is 31.2. The maximum Gasteiger partial charge on any atom is 0.224 e. The maximum atomic E-state index is 14.1. The molecule has 0 aliphatic carbocycles. The number of Topliss-reactive ketones (excluding diaryl/α,β-unsaturated/α-hetero) is 3. The van der Waals surface area contributed by atoms with Crippen molar-refractivity contribution in [2.75, 3.05) is 0 Å². The van der Waals surface area contributed by atoms with E-state index in [0.717, 1.165) is 21.5 Å². The molecule has 0 aliphatic rings. The zero-order valence-corrected chi connectivity index (χ0v) is 28.8. The summed E-state index contributed by atoms with van der Waals surface area (Å²) in [6.45, 7) is -1.33. The zero-order valence-electron chi connectivity index (χ0n) is 27.9. The van der Waals surface area contributed by atoms with Crippen molar-refractivity contribution in [3.8, 4) is 6.07 Å². The van der Waals surface area contributed by atoms with Crippen molar-refractivity contribution < 1.29 is 19.2 Å². The molecular formula is C43H39N2O4P. The lowest BCUT2D eigenvalue weighted by Gasteiger charge is -2.30. The van der Waals surface area contributed by atoms with Crippen LogP contribution in [0.25, 0.3) is 0 Å². The summed E-state index contributed by atoms with van der Waals surface area (Å²) in [5.41, 5.74) is 1.42. The van der Waals surface area contributed by atoms with E-state index in [-0.39, 0.29) is 36.1 Å². The molecule has 0 radical (unpaired) electrons. The number of rotatable bonds is 15. The van der Waals surface area contributed by atoms with Gasteiger partial charge in [-0.05, 0) is 41.7 Å². The Morgan fingerprint density at radius 3 is 1.54 bits per heavy atom. The van der Waals surface area contributed by atoms with E-state index < -0.39 is 30.5 Å². The van der Waals surface area contributed by atoms with Crippen molar-refractivity contribution in [2.45, 2.75) is 38.6 Å². The van der Waals surface area contributed by atoms with Gasteiger partial charge >= 0.3 is 0 Å². The van der Waals surface area contributed by atoms with Gasteiger partial charge in [0.05, 0.1) is 6.04 Å². The molecule has 0 unspecified atom stereocenters. The first-order valence-electron chi connectivity index (χ1n) is 16.7. The van der Waals surface area contributed by atoms with Crippen LogP contribution in [0.1, 0.15) is 42.1 Å². The molecule has 5 aromatic rings. The van der Waals surface area contributed by atoms with Gasteiger partial charge in [-0.15, -0.1) is 0 Å². The molecule has 0 spiro atoms. The minimum Gasteiger partial charge on any atom is -0.346 e. The molecule has 0 saturated heterocycles. The second kappa shape index (κ2) is 17.2. The Labute approximate surface area is 293 Å². The molecule has 0 heterocycles. The fraction of sp³-hybridized carbons (Fsp3) is 0.163. The Kier molecular flexibility index (Phi) is 12.2. The third-order valence-electron chi connectivity index (χ3n) is 8.80. The highest BCUT2D eigenvalue weighted by Crippen LogP contribution is 2.46. The first-order chi connectivity index (χ1) is 24.3. The Balaban J connectivity index is 1.38. The predicted octanol–water partition coefficient (Wildman–Crippen LogP) is 6.23. The molecule has 2 atom stereocenters. The van der Waals surface area contributed by atoms with E-state index >= 15 is 0 Å². The average Bonchev–Trinajstić information content (AvgIpc) is 3.17. The number of nitrogens with zero attached hydrogens (tertiary/aromatic N) is 1. The van der Waals surface area contributed by atoms with Crippen LogP contribution in [0.15, 0.2) is 152 Å². The van der Waals surface area contributed by atoms with Crippen LogP contribution in [0.5, 0.6) is 0 Å². The van der Waals surface area contributed by atoms with Crippen LogP contribution in [0.4, 0.5) is 0 Å². The number of nitrogens with one attached hydrogen (secondary N) is 1. The lowest BCUT2D eigenvalue weighted by atomic mass is 9.91. The van der Waals surface area contributed by atoms with Gasteiger partial charge in [0, 0.05) is 30.7 Å². The number of benzene rings is 5. The van der Waals surface area contributed by atoms with Crippen molar-refractivity contribution in [1.29, 1.82) is 5.26 Å². The summed E-state index contributed by atoms with van der Waals surface area (Å²) in [6, 6.07) is 48.5. The first kappa shape index (κ1) is 35.7. The summed E-state index contributed by atoms with van der Waals surface area (Å²) in [4.78, 5) is 54.3. The summed E-state index contributed by atoms with van der Waals surface area (Å²) in [6.07, 6.45) is -0.0313. The molecule has 1 amide bonds. The largest absolute Gasteiger partial charge is 0.346 e. The minimum absolute atomic E-state index is 0.0190. The number of nitriles is 1. The molecular weight excluding hydrogens is 639 g/mol. The third-order valence-corrected chi connectivity index (χ3v) is 13.0. The Hall–Kier alpha value is -5.63. The van der Waals surface area contributed by atoms with Crippen molar-refractivity contribution >= 4 is 51.4 Å². The van der Waals surface area contributed by atoms with E-state index in [4.69, 9.17) is 0 Å². The second-order valence-electron chi connectivity index (χ2n) is 12.1. The molecule has 1 N–H and O–H groups in total. The molecule has 0 fully saturated rings. The molecule has 50 heavy (non-hydrogen) atoms. The maximum absolute atomic E-state index is 14.1. The van der Waals surface area contributed by atoms with Crippen LogP contribution in [-0.2, 0) is 20.8 Å². The smallest absolute Gasteiger partial charge is 0.224 e. The molecule has 0 aromatic heterocycles. The van der Waals surface area contributed by atoms with Gasteiger partial charge in [-0.2, -0.15) is 5.26 Å². The monoisotopic (exact) mass is 678 g/mol. The Morgan fingerprint density at radius 1 is 0.640 bits per heavy atom. The molecule has 0 bridgehead atoms. The summed E-state index contributed by atoms with van der Waals surface area (Å²) >= 11 is 0. The molecule has 7 heteroatoms. The number of hydrogen-bond acceptors (Lipinski definition) is 5. The van der Waals surface area contributed by atoms with Gasteiger partial charge in [-0.1, -0.05) is 152 Å². The van der Waals surface area contributed by atoms with Crippen LogP contribution in [-0.4, -0.2) is 34.6 Å². The number of ketones is 3. The Morgan fingerprint density at radius 2 is 1.08 bits per heavy atom. The molecule has 250 valence electrons. The molecule has 0 saturated carbocycles. The minimum atomic E-state index is -2.92. The molecule has 5 aromatic carbocycles. The van der Waals surface area contributed by atoms with Crippen molar-refractivity contribution in [1.82, 2.24) is 5.32 Å². The number of amides is 1. The average molecular weight is 679 g/mol. The van der Waals surface area contributed by atoms with E-state index in [0.29, 0.717) is 12.0 Å². The van der Waals surface area contributed by atoms with Gasteiger partial charge in [0.1, 0.15) is 11.4 Å². The summed E-state index contributed by atoms with van der Waals surface area (Å²) < 4.78 is 0. The normalized spacial score (nSPS) is 12.2. The van der Waals surface area contributed by atoms with Crippen molar-refractivity contribution in [3.63, 3.8) is 0 Å². The number of carbonyl (C=O) groups excluding carboxylic acids is 4. The van der Waals surface area contributed by atoms with E-state index in [2.05, 4.69) is 11.4 Å². The van der Waals surface area contributed by atoms with Gasteiger partial charge < -0.3 is 5.32 Å². The first-order valence-corrected chi connectivity index (χ1v) is 18.5. The third kappa shape index (κ3) is 8.32. The molecule has 0 aliphatic heterocycles. The van der Waals surface area contributed by atoms with Gasteiger partial charge in [0.2, 0.25) is 5.91 Å². The van der Waals surface area contributed by atoms with E-state index in [9.17, 15) is 24.4 Å². The number of hydrogen-bond donors (Lipinski definition) is 1. The SMILES string of the molecule is C[C@H](NC(=O)[C@@H](CC(=O)c1ccccc1)Cc1ccccc1)C(=O)CCC(=O)C(C#N)=P(c1ccccc1)(c1ccccc1)c1ccccc1. The van der Waals surface area contributed by atoms with Crippen LogP contribution in [0, 0.1) is 17.2 Å². The quantitative estimate of drug-likeness (QED) is 0.104. The van der Waals surface area contributed by atoms with Crippen LogP contribution in [0.2, 0.25) is 0 Å².